The fourth-order valence-electron chi connectivity index (χ4n) is 1.75. The Morgan fingerprint density at radius 3 is 2.74 bits per heavy atom. The highest BCUT2D eigenvalue weighted by atomic mass is 32.2. The van der Waals surface area contributed by atoms with Crippen LogP contribution in [-0.2, 0) is 16.4 Å². The van der Waals surface area contributed by atoms with E-state index in [1.54, 1.807) is 12.1 Å². The van der Waals surface area contributed by atoms with Gasteiger partial charge in [-0.25, -0.2) is 13.1 Å². The molecule has 0 spiro atoms. The Kier molecular flexibility index (Phi) is 5.87. The first-order chi connectivity index (χ1) is 9.01. The van der Waals surface area contributed by atoms with Gasteiger partial charge in [0.05, 0.1) is 4.90 Å². The van der Waals surface area contributed by atoms with Crippen molar-refractivity contribution in [1.82, 2.24) is 4.72 Å². The van der Waals surface area contributed by atoms with Gasteiger partial charge in [0.1, 0.15) is 0 Å². The highest BCUT2D eigenvalue weighted by Crippen LogP contribution is 2.19. The number of nitrogens with one attached hydrogen (secondary N) is 1. The number of rotatable bonds is 7. The number of aryl methyl sites for hydroxylation is 1. The van der Waals surface area contributed by atoms with Crippen LogP contribution in [0.4, 0.5) is 5.69 Å². The van der Waals surface area contributed by atoms with Crippen LogP contribution in [0.1, 0.15) is 31.7 Å². The predicted molar refractivity (Wildman–Crippen MR) is 78.1 cm³/mol. The second-order valence-electron chi connectivity index (χ2n) is 4.28. The zero-order valence-electron chi connectivity index (χ0n) is 11.1. The summed E-state index contributed by atoms with van der Waals surface area (Å²) in [6, 6.07) is 4.97. The molecule has 0 aromatic heterocycles. The van der Waals surface area contributed by atoms with Crippen molar-refractivity contribution in [2.75, 3.05) is 12.3 Å². The van der Waals surface area contributed by atoms with E-state index in [0.29, 0.717) is 25.1 Å². The zero-order valence-corrected chi connectivity index (χ0v) is 12.0. The minimum atomic E-state index is -3.49. The van der Waals surface area contributed by atoms with Gasteiger partial charge in [0, 0.05) is 18.7 Å². The van der Waals surface area contributed by atoms with Crippen molar-refractivity contribution in [3.05, 3.63) is 23.8 Å². The molecule has 0 saturated heterocycles. The molecule has 1 aromatic rings. The zero-order chi connectivity index (χ0) is 14.3. The smallest absolute Gasteiger partial charge is 0.240 e. The summed E-state index contributed by atoms with van der Waals surface area (Å²) >= 11 is 0. The summed E-state index contributed by atoms with van der Waals surface area (Å²) in [5.41, 5.74) is 6.88. The van der Waals surface area contributed by atoms with Crippen LogP contribution in [0.2, 0.25) is 0 Å². The molecule has 0 aliphatic heterocycles. The molecule has 0 radical (unpaired) electrons. The first-order valence-electron chi connectivity index (χ1n) is 6.32. The fourth-order valence-corrected chi connectivity index (χ4v) is 3.17. The summed E-state index contributed by atoms with van der Waals surface area (Å²) in [7, 11) is -3.49. The van der Waals surface area contributed by atoms with Gasteiger partial charge in [-0.2, -0.15) is 0 Å². The summed E-state index contributed by atoms with van der Waals surface area (Å²) < 4.78 is 27.0. The van der Waals surface area contributed by atoms with E-state index < -0.39 is 10.0 Å². The van der Waals surface area contributed by atoms with Crippen LogP contribution in [-0.4, -0.2) is 15.0 Å². The van der Waals surface area contributed by atoms with E-state index in [9.17, 15) is 8.42 Å². The highest BCUT2D eigenvalue weighted by molar-refractivity contribution is 7.89. The summed E-state index contributed by atoms with van der Waals surface area (Å²) in [5.74, 6) is 2.53. The number of hydrogen-bond acceptors (Lipinski definition) is 3. The number of nitrogens with two attached hydrogens (primary N) is 1. The first-order valence-corrected chi connectivity index (χ1v) is 7.81. The molecule has 0 heterocycles. The van der Waals surface area contributed by atoms with Crippen LogP contribution in [0.5, 0.6) is 0 Å². The molecular weight excluding hydrogens is 260 g/mol. The Balaban J connectivity index is 2.77. The quantitative estimate of drug-likeness (QED) is 0.455. The van der Waals surface area contributed by atoms with Crippen molar-refractivity contribution >= 4 is 15.7 Å². The normalized spacial score (nSPS) is 11.2. The largest absolute Gasteiger partial charge is 0.399 e. The van der Waals surface area contributed by atoms with Crippen LogP contribution < -0.4 is 10.5 Å². The average molecular weight is 280 g/mol. The maximum Gasteiger partial charge on any atom is 0.240 e. The lowest BCUT2D eigenvalue weighted by Crippen LogP contribution is -2.26. The number of terminal acetylenes is 1. The number of unbranched alkanes of at least 4 members (excludes halogenated alkanes) is 2. The third-order valence-corrected chi connectivity index (χ3v) is 4.34. The lowest BCUT2D eigenvalue weighted by Gasteiger charge is -2.11. The molecule has 3 N–H and O–H groups in total. The number of benzene rings is 1. The minimum absolute atomic E-state index is 0.270. The SMILES string of the molecule is C#CCCCCNS(=O)(=O)c1cc(N)ccc1CC. The lowest BCUT2D eigenvalue weighted by molar-refractivity contribution is 0.576. The van der Waals surface area contributed by atoms with Crippen LogP contribution in [0.3, 0.4) is 0 Å². The van der Waals surface area contributed by atoms with Crippen molar-refractivity contribution in [2.45, 2.75) is 37.5 Å². The highest BCUT2D eigenvalue weighted by Gasteiger charge is 2.17. The topological polar surface area (TPSA) is 72.2 Å². The first kappa shape index (κ1) is 15.5. The van der Waals surface area contributed by atoms with E-state index in [-0.39, 0.29) is 4.90 Å². The van der Waals surface area contributed by atoms with Crippen molar-refractivity contribution in [3.8, 4) is 12.3 Å². The number of nitrogen functional groups attached to an aromatic ring is 1. The van der Waals surface area contributed by atoms with Crippen molar-refractivity contribution in [1.29, 1.82) is 0 Å². The van der Waals surface area contributed by atoms with Crippen molar-refractivity contribution in [3.63, 3.8) is 0 Å². The molecule has 0 fully saturated rings. The molecule has 0 bridgehead atoms. The van der Waals surface area contributed by atoms with Gasteiger partial charge in [0.2, 0.25) is 10.0 Å². The maximum absolute atomic E-state index is 12.2. The standard InChI is InChI=1S/C14H20N2O2S/c1-3-5-6-7-10-16-19(17,18)14-11-13(15)9-8-12(14)4-2/h1,8-9,11,16H,4-7,10,15H2,2H3. The monoisotopic (exact) mass is 280 g/mol. The van der Waals surface area contributed by atoms with Gasteiger partial charge in [-0.05, 0) is 37.0 Å². The molecule has 0 saturated carbocycles. The van der Waals surface area contributed by atoms with E-state index in [1.165, 1.54) is 6.07 Å². The molecule has 1 aromatic carbocycles. The van der Waals surface area contributed by atoms with Gasteiger partial charge >= 0.3 is 0 Å². The van der Waals surface area contributed by atoms with E-state index in [1.807, 2.05) is 6.92 Å². The van der Waals surface area contributed by atoms with E-state index >= 15 is 0 Å². The molecule has 0 atom stereocenters. The number of hydrogen-bond donors (Lipinski definition) is 2. The molecule has 0 amide bonds. The molecule has 1 rings (SSSR count). The minimum Gasteiger partial charge on any atom is -0.399 e. The Morgan fingerprint density at radius 2 is 2.11 bits per heavy atom. The van der Waals surface area contributed by atoms with Crippen LogP contribution >= 0.6 is 0 Å². The molecule has 104 valence electrons. The second kappa shape index (κ2) is 7.17. The predicted octanol–water partition coefficient (Wildman–Crippen LogP) is 1.91. The van der Waals surface area contributed by atoms with Crippen molar-refractivity contribution < 1.29 is 8.42 Å². The van der Waals surface area contributed by atoms with Crippen LogP contribution in [0.15, 0.2) is 23.1 Å². The Labute approximate surface area is 115 Å². The second-order valence-corrected chi connectivity index (χ2v) is 6.02. The molecule has 0 aliphatic carbocycles. The van der Waals surface area contributed by atoms with Gasteiger partial charge in [-0.3, -0.25) is 0 Å². The summed E-state index contributed by atoms with van der Waals surface area (Å²) in [4.78, 5) is 0.270. The van der Waals surface area contributed by atoms with E-state index in [0.717, 1.165) is 18.4 Å². The van der Waals surface area contributed by atoms with Crippen LogP contribution in [0, 0.1) is 12.3 Å². The maximum atomic E-state index is 12.2. The van der Waals surface area contributed by atoms with Crippen molar-refractivity contribution in [2.24, 2.45) is 0 Å². The van der Waals surface area contributed by atoms with Gasteiger partial charge in [-0.15, -0.1) is 12.3 Å². The molecule has 0 aliphatic rings. The molecular formula is C14H20N2O2S. The summed E-state index contributed by atoms with van der Waals surface area (Å²) in [6.07, 6.45) is 8.00. The average Bonchev–Trinajstić information content (AvgIpc) is 2.38. The van der Waals surface area contributed by atoms with E-state index in [4.69, 9.17) is 12.2 Å². The Bertz CT molecular complexity index is 559. The Hall–Kier alpha value is -1.51. The molecule has 4 nitrogen and oxygen atoms in total. The summed E-state index contributed by atoms with van der Waals surface area (Å²) in [6.45, 7) is 2.30. The van der Waals surface area contributed by atoms with Gasteiger partial charge in [0.25, 0.3) is 0 Å². The third kappa shape index (κ3) is 4.58. The van der Waals surface area contributed by atoms with Gasteiger partial charge in [0.15, 0.2) is 0 Å². The Morgan fingerprint density at radius 1 is 1.37 bits per heavy atom. The molecule has 5 heteroatoms. The molecule has 19 heavy (non-hydrogen) atoms. The fraction of sp³-hybridized carbons (Fsp3) is 0.429. The molecule has 0 unspecified atom stereocenters. The van der Waals surface area contributed by atoms with Crippen LogP contribution in [0.25, 0.3) is 0 Å². The van der Waals surface area contributed by atoms with Gasteiger partial charge in [-0.1, -0.05) is 13.0 Å². The summed E-state index contributed by atoms with van der Waals surface area (Å²) in [5, 5.41) is 0. The lowest BCUT2D eigenvalue weighted by atomic mass is 10.1. The number of sulfonamides is 1. The number of anilines is 1. The van der Waals surface area contributed by atoms with E-state index in [2.05, 4.69) is 10.6 Å². The third-order valence-electron chi connectivity index (χ3n) is 2.80. The van der Waals surface area contributed by atoms with Gasteiger partial charge < -0.3 is 5.73 Å².